The standard InChI is InChI=1S/C19H21BrN4O2/c1-3-9-26-18-14(20)10-13(11-17(18)25-4-2)12-21-24-19-22-15-7-5-6-8-16(15)23-19/h5-8,10-12H,3-4,9H2,1-2H3,(H2,22,23,24)/b21-12-. The van der Waals surface area contributed by atoms with Gasteiger partial charge in [0.1, 0.15) is 0 Å². The fourth-order valence-corrected chi connectivity index (χ4v) is 3.02. The molecule has 0 aliphatic carbocycles. The minimum absolute atomic E-state index is 0.562. The molecule has 136 valence electrons. The van der Waals surface area contributed by atoms with Crippen LogP contribution in [0.1, 0.15) is 25.8 Å². The fraction of sp³-hybridized carbons (Fsp3) is 0.263. The number of imidazole rings is 1. The Bertz CT molecular complexity index is 875. The van der Waals surface area contributed by atoms with Crippen LogP contribution in [0.25, 0.3) is 11.0 Å². The third-order valence-electron chi connectivity index (χ3n) is 3.56. The Morgan fingerprint density at radius 1 is 1.23 bits per heavy atom. The zero-order valence-corrected chi connectivity index (χ0v) is 16.3. The number of H-pyrrole nitrogens is 1. The molecule has 0 aliphatic heterocycles. The van der Waals surface area contributed by atoms with Crippen LogP contribution in [0.5, 0.6) is 11.5 Å². The zero-order chi connectivity index (χ0) is 18.4. The number of nitrogens with zero attached hydrogens (tertiary/aromatic N) is 2. The Balaban J connectivity index is 1.76. The van der Waals surface area contributed by atoms with E-state index in [0.29, 0.717) is 24.9 Å². The number of hydrogen-bond donors (Lipinski definition) is 2. The van der Waals surface area contributed by atoms with Crippen LogP contribution in [0.3, 0.4) is 0 Å². The maximum absolute atomic E-state index is 5.79. The molecule has 0 atom stereocenters. The summed E-state index contributed by atoms with van der Waals surface area (Å²) in [6.07, 6.45) is 2.65. The number of ether oxygens (including phenoxy) is 2. The largest absolute Gasteiger partial charge is 0.490 e. The van der Waals surface area contributed by atoms with Crippen molar-refractivity contribution in [1.29, 1.82) is 0 Å². The molecule has 2 N–H and O–H groups in total. The van der Waals surface area contributed by atoms with Gasteiger partial charge >= 0.3 is 0 Å². The van der Waals surface area contributed by atoms with Gasteiger partial charge in [-0.15, -0.1) is 0 Å². The normalized spacial score (nSPS) is 11.2. The van der Waals surface area contributed by atoms with Crippen LogP contribution in [0.2, 0.25) is 0 Å². The summed E-state index contributed by atoms with van der Waals surface area (Å²) in [5, 5.41) is 4.26. The van der Waals surface area contributed by atoms with Crippen molar-refractivity contribution < 1.29 is 9.47 Å². The van der Waals surface area contributed by atoms with E-state index in [-0.39, 0.29) is 0 Å². The smallest absolute Gasteiger partial charge is 0.222 e. The van der Waals surface area contributed by atoms with E-state index in [2.05, 4.69) is 43.3 Å². The van der Waals surface area contributed by atoms with Gasteiger partial charge in [-0.1, -0.05) is 19.1 Å². The molecule has 0 spiro atoms. The quantitative estimate of drug-likeness (QED) is 0.402. The van der Waals surface area contributed by atoms with Gasteiger partial charge in [0.2, 0.25) is 5.95 Å². The zero-order valence-electron chi connectivity index (χ0n) is 14.8. The van der Waals surface area contributed by atoms with Crippen molar-refractivity contribution in [2.45, 2.75) is 20.3 Å². The summed E-state index contributed by atoms with van der Waals surface area (Å²) in [6, 6.07) is 11.7. The van der Waals surface area contributed by atoms with Crippen molar-refractivity contribution in [3.63, 3.8) is 0 Å². The monoisotopic (exact) mass is 416 g/mol. The predicted molar refractivity (Wildman–Crippen MR) is 108 cm³/mol. The van der Waals surface area contributed by atoms with Crippen LogP contribution in [-0.4, -0.2) is 29.4 Å². The van der Waals surface area contributed by atoms with Crippen molar-refractivity contribution in [2.24, 2.45) is 5.10 Å². The number of rotatable bonds is 8. The average molecular weight is 417 g/mol. The lowest BCUT2D eigenvalue weighted by atomic mass is 10.2. The van der Waals surface area contributed by atoms with Gasteiger partial charge in [0, 0.05) is 0 Å². The fourth-order valence-electron chi connectivity index (χ4n) is 2.44. The summed E-state index contributed by atoms with van der Waals surface area (Å²) < 4.78 is 12.3. The summed E-state index contributed by atoms with van der Waals surface area (Å²) in [6.45, 7) is 5.22. The lowest BCUT2D eigenvalue weighted by Gasteiger charge is -2.14. The summed E-state index contributed by atoms with van der Waals surface area (Å²) in [5.74, 6) is 2.01. The van der Waals surface area contributed by atoms with E-state index < -0.39 is 0 Å². The number of para-hydroxylation sites is 2. The molecule has 3 aromatic rings. The number of fused-ring (bicyclic) bond motifs is 1. The number of aromatic amines is 1. The van der Waals surface area contributed by atoms with E-state index in [0.717, 1.165) is 33.2 Å². The molecule has 0 saturated carbocycles. The van der Waals surface area contributed by atoms with E-state index in [4.69, 9.17) is 9.47 Å². The lowest BCUT2D eigenvalue weighted by Crippen LogP contribution is -2.02. The minimum atomic E-state index is 0.562. The van der Waals surface area contributed by atoms with Gasteiger partial charge in [0.05, 0.1) is 34.9 Å². The van der Waals surface area contributed by atoms with E-state index in [9.17, 15) is 0 Å². The van der Waals surface area contributed by atoms with Crippen LogP contribution in [0.4, 0.5) is 5.95 Å². The Labute approximate surface area is 160 Å². The molecule has 0 aliphatic rings. The first-order valence-electron chi connectivity index (χ1n) is 8.54. The summed E-state index contributed by atoms with van der Waals surface area (Å²) in [7, 11) is 0. The van der Waals surface area contributed by atoms with Crippen LogP contribution < -0.4 is 14.9 Å². The maximum atomic E-state index is 5.79. The molecule has 7 heteroatoms. The predicted octanol–water partition coefficient (Wildman–Crippen LogP) is 4.96. The van der Waals surface area contributed by atoms with Gasteiger partial charge in [0.15, 0.2) is 11.5 Å². The topological polar surface area (TPSA) is 71.5 Å². The summed E-state index contributed by atoms with van der Waals surface area (Å²) in [5.41, 5.74) is 5.65. The second kappa shape index (κ2) is 8.71. The third-order valence-corrected chi connectivity index (χ3v) is 4.14. The molecule has 6 nitrogen and oxygen atoms in total. The van der Waals surface area contributed by atoms with E-state index in [1.54, 1.807) is 6.21 Å². The molecule has 0 saturated heterocycles. The van der Waals surface area contributed by atoms with Gasteiger partial charge in [-0.2, -0.15) is 5.10 Å². The van der Waals surface area contributed by atoms with E-state index in [1.165, 1.54) is 0 Å². The van der Waals surface area contributed by atoms with Gasteiger partial charge in [0.25, 0.3) is 0 Å². The number of halogens is 1. The number of nitrogens with one attached hydrogen (secondary N) is 2. The highest BCUT2D eigenvalue weighted by atomic mass is 79.9. The van der Waals surface area contributed by atoms with Crippen LogP contribution in [-0.2, 0) is 0 Å². The molecule has 0 fully saturated rings. The second-order valence-electron chi connectivity index (χ2n) is 5.58. The summed E-state index contributed by atoms with van der Waals surface area (Å²) >= 11 is 3.55. The van der Waals surface area contributed by atoms with Crippen molar-refractivity contribution in [2.75, 3.05) is 18.6 Å². The van der Waals surface area contributed by atoms with Crippen LogP contribution >= 0.6 is 15.9 Å². The van der Waals surface area contributed by atoms with Crippen LogP contribution in [0, 0.1) is 0 Å². The SMILES string of the molecule is CCCOc1c(Br)cc(/C=N\Nc2nc3ccccc3[nH]2)cc1OCC. The Hall–Kier alpha value is -2.54. The van der Waals surface area contributed by atoms with Crippen molar-refractivity contribution >= 4 is 39.1 Å². The minimum Gasteiger partial charge on any atom is -0.490 e. The number of aromatic nitrogens is 2. The molecule has 2 aromatic carbocycles. The Kier molecular flexibility index (Phi) is 6.12. The molecule has 0 amide bonds. The highest BCUT2D eigenvalue weighted by Gasteiger charge is 2.11. The Morgan fingerprint density at radius 3 is 2.85 bits per heavy atom. The number of benzene rings is 2. The van der Waals surface area contributed by atoms with Crippen molar-refractivity contribution in [3.05, 3.63) is 46.4 Å². The lowest BCUT2D eigenvalue weighted by molar-refractivity contribution is 0.275. The third kappa shape index (κ3) is 4.35. The highest BCUT2D eigenvalue weighted by molar-refractivity contribution is 9.10. The first kappa shape index (κ1) is 18.3. The molecule has 3 rings (SSSR count). The Morgan fingerprint density at radius 2 is 2.08 bits per heavy atom. The first-order chi connectivity index (χ1) is 12.7. The van der Waals surface area contributed by atoms with Gasteiger partial charge in [-0.3, -0.25) is 0 Å². The molecule has 1 aromatic heterocycles. The highest BCUT2D eigenvalue weighted by Crippen LogP contribution is 2.36. The first-order valence-corrected chi connectivity index (χ1v) is 9.33. The van der Waals surface area contributed by atoms with Crippen molar-refractivity contribution in [3.8, 4) is 11.5 Å². The molecule has 0 bridgehead atoms. The summed E-state index contributed by atoms with van der Waals surface area (Å²) in [4.78, 5) is 7.59. The molecule has 0 unspecified atom stereocenters. The molecule has 0 radical (unpaired) electrons. The number of anilines is 1. The molecular formula is C19H21BrN4O2. The molecule has 1 heterocycles. The van der Waals surface area contributed by atoms with Gasteiger partial charge < -0.3 is 14.5 Å². The van der Waals surface area contributed by atoms with Crippen molar-refractivity contribution in [1.82, 2.24) is 9.97 Å². The average Bonchev–Trinajstić information content (AvgIpc) is 3.04. The van der Waals surface area contributed by atoms with Crippen LogP contribution in [0.15, 0.2) is 46.0 Å². The second-order valence-corrected chi connectivity index (χ2v) is 6.44. The number of hydrogen-bond acceptors (Lipinski definition) is 5. The van der Waals surface area contributed by atoms with Gasteiger partial charge in [-0.25, -0.2) is 10.4 Å². The van der Waals surface area contributed by atoms with E-state index in [1.807, 2.05) is 43.3 Å². The maximum Gasteiger partial charge on any atom is 0.222 e. The molecule has 26 heavy (non-hydrogen) atoms. The van der Waals surface area contributed by atoms with E-state index >= 15 is 0 Å². The van der Waals surface area contributed by atoms with Gasteiger partial charge in [-0.05, 0) is 59.1 Å². The number of hydrazone groups is 1. The molecular weight excluding hydrogens is 396 g/mol.